The number of hydrogen-bond acceptors (Lipinski definition) is 5. The van der Waals surface area contributed by atoms with Gasteiger partial charge in [0.15, 0.2) is 5.82 Å². The normalized spacial score (nSPS) is 19.2. The Bertz CT molecular complexity index is 1110. The standard InChI is InChI=1S/C26H35N5O3/c1-25(2)9-7-17(8-10-25)19-15-18(26(24(33)31(3)4)11-13-34-14-12-26)5-6-20(19)29-23(32)22-28-16-21(27)30-22/h5-7,15-16H,8-14,27H2,1-4H3,(H,28,30)(H,29,32). The minimum absolute atomic E-state index is 0.0864. The summed E-state index contributed by atoms with van der Waals surface area (Å²) in [5.74, 6) is 0.229. The van der Waals surface area contributed by atoms with Crippen LogP contribution in [0.15, 0.2) is 30.5 Å². The number of aromatic nitrogens is 2. The number of amides is 2. The third-order valence-corrected chi connectivity index (χ3v) is 7.11. The molecule has 34 heavy (non-hydrogen) atoms. The van der Waals surface area contributed by atoms with E-state index < -0.39 is 5.41 Å². The second-order valence-electron chi connectivity index (χ2n) is 10.4. The number of anilines is 2. The lowest BCUT2D eigenvalue weighted by molar-refractivity contribution is -0.138. The minimum Gasteiger partial charge on any atom is -0.384 e. The molecule has 0 spiro atoms. The predicted molar refractivity (Wildman–Crippen MR) is 133 cm³/mol. The average molecular weight is 466 g/mol. The Balaban J connectivity index is 1.77. The molecule has 4 N–H and O–H groups in total. The van der Waals surface area contributed by atoms with Crippen LogP contribution in [0, 0.1) is 5.41 Å². The summed E-state index contributed by atoms with van der Waals surface area (Å²) in [4.78, 5) is 34.8. The molecule has 182 valence electrons. The number of carbonyl (C=O) groups excluding carboxylic acids is 2. The molecule has 2 heterocycles. The van der Waals surface area contributed by atoms with E-state index in [0.717, 1.165) is 30.4 Å². The molecule has 0 atom stereocenters. The summed E-state index contributed by atoms with van der Waals surface area (Å²) in [6, 6.07) is 5.98. The fourth-order valence-electron chi connectivity index (χ4n) is 4.94. The zero-order valence-electron chi connectivity index (χ0n) is 20.5. The van der Waals surface area contributed by atoms with Crippen molar-refractivity contribution in [2.45, 2.75) is 51.4 Å². The molecule has 8 nitrogen and oxygen atoms in total. The van der Waals surface area contributed by atoms with Crippen LogP contribution in [-0.4, -0.2) is 54.0 Å². The lowest BCUT2D eigenvalue weighted by Crippen LogP contribution is -2.47. The maximum atomic E-state index is 13.4. The van der Waals surface area contributed by atoms with Gasteiger partial charge in [-0.15, -0.1) is 0 Å². The molecular weight excluding hydrogens is 430 g/mol. The third kappa shape index (κ3) is 4.73. The van der Waals surface area contributed by atoms with Crippen molar-refractivity contribution in [2.75, 3.05) is 38.4 Å². The number of aromatic amines is 1. The van der Waals surface area contributed by atoms with Gasteiger partial charge in [-0.3, -0.25) is 9.59 Å². The van der Waals surface area contributed by atoms with Crippen LogP contribution in [-0.2, 0) is 14.9 Å². The van der Waals surface area contributed by atoms with E-state index in [2.05, 4.69) is 41.3 Å². The molecule has 1 saturated heterocycles. The summed E-state index contributed by atoms with van der Waals surface area (Å²) < 4.78 is 5.61. The zero-order chi connectivity index (χ0) is 24.5. The monoisotopic (exact) mass is 465 g/mol. The molecular formula is C26H35N5O3. The number of ether oxygens (including phenoxy) is 1. The summed E-state index contributed by atoms with van der Waals surface area (Å²) in [5.41, 5.74) is 9.13. The van der Waals surface area contributed by atoms with Gasteiger partial charge in [-0.05, 0) is 60.8 Å². The number of carbonyl (C=O) groups is 2. The fraction of sp³-hybridized carbons (Fsp3) is 0.500. The Morgan fingerprint density at radius 3 is 2.50 bits per heavy atom. The number of benzene rings is 1. The van der Waals surface area contributed by atoms with Crippen LogP contribution in [0.3, 0.4) is 0 Å². The third-order valence-electron chi connectivity index (χ3n) is 7.11. The van der Waals surface area contributed by atoms with E-state index in [-0.39, 0.29) is 23.1 Å². The minimum atomic E-state index is -0.636. The van der Waals surface area contributed by atoms with E-state index in [1.54, 1.807) is 19.0 Å². The Kier molecular flexibility index (Phi) is 6.53. The fourth-order valence-corrected chi connectivity index (χ4v) is 4.94. The lowest BCUT2D eigenvalue weighted by Gasteiger charge is -2.38. The number of imidazole rings is 1. The number of nitrogens with zero attached hydrogens (tertiary/aromatic N) is 2. The Hall–Kier alpha value is -3.13. The molecule has 1 aliphatic carbocycles. The predicted octanol–water partition coefficient (Wildman–Crippen LogP) is 3.97. The van der Waals surface area contributed by atoms with Crippen LogP contribution in [0.25, 0.3) is 5.57 Å². The summed E-state index contributed by atoms with van der Waals surface area (Å²) in [6.07, 6.45) is 7.88. The number of nitrogens with two attached hydrogens (primary N) is 1. The Labute approximate surface area is 201 Å². The topological polar surface area (TPSA) is 113 Å². The highest BCUT2D eigenvalue weighted by molar-refractivity contribution is 6.03. The van der Waals surface area contributed by atoms with Gasteiger partial charge in [0, 0.05) is 38.6 Å². The van der Waals surface area contributed by atoms with Crippen molar-refractivity contribution in [3.63, 3.8) is 0 Å². The maximum Gasteiger partial charge on any atom is 0.291 e. The molecule has 2 aromatic rings. The van der Waals surface area contributed by atoms with Crippen molar-refractivity contribution < 1.29 is 14.3 Å². The van der Waals surface area contributed by atoms with E-state index in [1.807, 2.05) is 12.1 Å². The van der Waals surface area contributed by atoms with Crippen LogP contribution in [0.1, 0.15) is 67.7 Å². The summed E-state index contributed by atoms with van der Waals surface area (Å²) in [7, 11) is 3.60. The van der Waals surface area contributed by atoms with Gasteiger partial charge in [0.2, 0.25) is 5.91 Å². The molecule has 0 bridgehead atoms. The van der Waals surface area contributed by atoms with Gasteiger partial charge in [0.05, 0.1) is 11.6 Å². The number of hydrogen-bond donors (Lipinski definition) is 3. The van der Waals surface area contributed by atoms with Crippen LogP contribution in [0.2, 0.25) is 0 Å². The average Bonchev–Trinajstić information content (AvgIpc) is 3.26. The smallest absolute Gasteiger partial charge is 0.291 e. The maximum absolute atomic E-state index is 13.4. The van der Waals surface area contributed by atoms with Gasteiger partial charge in [0.1, 0.15) is 5.82 Å². The van der Waals surface area contributed by atoms with Crippen molar-refractivity contribution >= 4 is 28.9 Å². The van der Waals surface area contributed by atoms with Crippen LogP contribution in [0.5, 0.6) is 0 Å². The number of rotatable bonds is 5. The highest BCUT2D eigenvalue weighted by Crippen LogP contribution is 2.43. The second kappa shape index (κ2) is 9.25. The molecule has 2 amide bonds. The highest BCUT2D eigenvalue weighted by Gasteiger charge is 2.43. The number of allylic oxidation sites excluding steroid dienone is 2. The van der Waals surface area contributed by atoms with E-state index in [9.17, 15) is 9.59 Å². The molecule has 1 fully saturated rings. The number of nitrogens with one attached hydrogen (secondary N) is 2. The van der Waals surface area contributed by atoms with Crippen molar-refractivity contribution in [1.29, 1.82) is 0 Å². The van der Waals surface area contributed by atoms with E-state index in [0.29, 0.717) is 37.6 Å². The second-order valence-corrected chi connectivity index (χ2v) is 10.4. The van der Waals surface area contributed by atoms with Crippen LogP contribution in [0.4, 0.5) is 11.5 Å². The lowest BCUT2D eigenvalue weighted by atomic mass is 9.71. The van der Waals surface area contributed by atoms with Gasteiger partial charge >= 0.3 is 0 Å². The zero-order valence-corrected chi connectivity index (χ0v) is 20.5. The molecule has 1 aromatic heterocycles. The van der Waals surface area contributed by atoms with Crippen molar-refractivity contribution in [3.8, 4) is 0 Å². The first-order valence-corrected chi connectivity index (χ1v) is 11.9. The van der Waals surface area contributed by atoms with Crippen molar-refractivity contribution in [1.82, 2.24) is 14.9 Å². The number of H-pyrrole nitrogens is 1. The van der Waals surface area contributed by atoms with Gasteiger partial charge in [-0.25, -0.2) is 4.98 Å². The SMILES string of the molecule is CN(C)C(=O)C1(c2ccc(NC(=O)c3ncc(N)[nH]3)c(C3=CCC(C)(C)CC3)c2)CCOCC1. The molecule has 8 heteroatoms. The molecule has 2 aliphatic rings. The van der Waals surface area contributed by atoms with Crippen molar-refractivity contribution in [2.24, 2.45) is 5.41 Å². The molecule has 4 rings (SSSR count). The number of likely N-dealkylation sites (N-methyl/N-ethyl adjacent to an activating group) is 1. The van der Waals surface area contributed by atoms with Crippen LogP contribution < -0.4 is 11.1 Å². The quantitative estimate of drug-likeness (QED) is 0.618. The van der Waals surface area contributed by atoms with E-state index in [4.69, 9.17) is 10.5 Å². The van der Waals surface area contributed by atoms with Crippen molar-refractivity contribution in [3.05, 3.63) is 47.4 Å². The first kappa shape index (κ1) is 24.0. The Morgan fingerprint density at radius 1 is 1.18 bits per heavy atom. The first-order chi connectivity index (χ1) is 16.1. The largest absolute Gasteiger partial charge is 0.384 e. The van der Waals surface area contributed by atoms with E-state index in [1.165, 1.54) is 11.8 Å². The highest BCUT2D eigenvalue weighted by atomic mass is 16.5. The summed E-state index contributed by atoms with van der Waals surface area (Å²) >= 11 is 0. The van der Waals surface area contributed by atoms with Gasteiger partial charge in [-0.2, -0.15) is 0 Å². The van der Waals surface area contributed by atoms with Gasteiger partial charge in [0.25, 0.3) is 5.91 Å². The van der Waals surface area contributed by atoms with Gasteiger partial charge in [-0.1, -0.05) is 26.0 Å². The molecule has 0 saturated carbocycles. The molecule has 1 aromatic carbocycles. The molecule has 0 unspecified atom stereocenters. The Morgan fingerprint density at radius 2 is 1.91 bits per heavy atom. The van der Waals surface area contributed by atoms with E-state index >= 15 is 0 Å². The van der Waals surface area contributed by atoms with Gasteiger partial charge < -0.3 is 25.7 Å². The molecule has 1 aliphatic heterocycles. The summed E-state index contributed by atoms with van der Waals surface area (Å²) in [5, 5.41) is 3.00. The first-order valence-electron chi connectivity index (χ1n) is 11.9. The van der Waals surface area contributed by atoms with Crippen LogP contribution >= 0.6 is 0 Å². The number of nitrogen functional groups attached to an aromatic ring is 1. The summed E-state index contributed by atoms with van der Waals surface area (Å²) in [6.45, 7) is 5.63. The molecule has 0 radical (unpaired) electrons.